The number of likely N-dealkylation sites (N-methyl/N-ethyl adjacent to an activating group) is 2. The van der Waals surface area contributed by atoms with Gasteiger partial charge in [0.1, 0.15) is 20.6 Å². The van der Waals surface area contributed by atoms with E-state index in [1.807, 2.05) is 48.3 Å². The van der Waals surface area contributed by atoms with E-state index in [-0.39, 0.29) is 18.4 Å². The molecule has 7 nitrogen and oxygen atoms in total. The van der Waals surface area contributed by atoms with E-state index in [0.717, 1.165) is 11.1 Å². The maximum atomic E-state index is 14.8. The smallest absolute Gasteiger partial charge is 0.254 e. The minimum absolute atomic E-state index is 0.249. The zero-order valence-corrected chi connectivity index (χ0v) is 22.7. The molecule has 2 aromatic carbocycles. The number of amides is 2. The van der Waals surface area contributed by atoms with Crippen LogP contribution >= 0.6 is 24.0 Å². The number of likely N-dealkylation sites (tertiary alicyclic amines) is 1. The van der Waals surface area contributed by atoms with Gasteiger partial charge in [0.2, 0.25) is 5.91 Å². The van der Waals surface area contributed by atoms with E-state index in [2.05, 4.69) is 4.98 Å². The van der Waals surface area contributed by atoms with Crippen molar-refractivity contribution in [2.45, 2.75) is 22.7 Å². The molecule has 0 aliphatic carbocycles. The van der Waals surface area contributed by atoms with Crippen molar-refractivity contribution in [2.75, 3.05) is 32.6 Å². The summed E-state index contributed by atoms with van der Waals surface area (Å²) in [4.78, 5) is 38.3. The SMILES string of the molecule is COc1ccc(CN2C(=O)[C@@]3(SC2=S)[C@@H](c2ccncc2)CN(C)[C@]32C(=O)N(C)c3ccc(F)cc32)cc1. The fraction of sp³-hybridized carbons (Fsp3) is 0.286. The number of halogens is 1. The first-order valence-corrected chi connectivity index (χ1v) is 13.4. The number of methoxy groups -OCH3 is 1. The Balaban J connectivity index is 1.56. The second-order valence-electron chi connectivity index (χ2n) is 9.79. The van der Waals surface area contributed by atoms with Gasteiger partial charge in [-0.25, -0.2) is 4.39 Å². The number of anilines is 1. The number of nitrogens with zero attached hydrogens (tertiary/aromatic N) is 4. The number of pyridine rings is 1. The molecule has 10 heteroatoms. The Morgan fingerprint density at radius 3 is 2.47 bits per heavy atom. The lowest BCUT2D eigenvalue weighted by Gasteiger charge is -2.42. The van der Waals surface area contributed by atoms with Gasteiger partial charge in [0, 0.05) is 43.2 Å². The van der Waals surface area contributed by atoms with E-state index in [4.69, 9.17) is 17.0 Å². The van der Waals surface area contributed by atoms with Gasteiger partial charge >= 0.3 is 0 Å². The molecule has 2 saturated heterocycles. The van der Waals surface area contributed by atoms with Crippen molar-refractivity contribution in [3.8, 4) is 5.75 Å². The predicted molar refractivity (Wildman–Crippen MR) is 148 cm³/mol. The monoisotopic (exact) mass is 548 g/mol. The number of aromatic nitrogens is 1. The molecule has 3 aliphatic rings. The molecule has 4 heterocycles. The van der Waals surface area contributed by atoms with Gasteiger partial charge in [0.15, 0.2) is 5.54 Å². The molecule has 2 amide bonds. The summed E-state index contributed by atoms with van der Waals surface area (Å²) in [7, 11) is 5.10. The number of ether oxygens (including phenoxy) is 1. The van der Waals surface area contributed by atoms with Crippen LogP contribution in [0.25, 0.3) is 0 Å². The quantitative estimate of drug-likeness (QED) is 0.458. The first-order valence-electron chi connectivity index (χ1n) is 12.1. The number of thioether (sulfide) groups is 1. The van der Waals surface area contributed by atoms with Crippen molar-refractivity contribution in [2.24, 2.45) is 0 Å². The first-order chi connectivity index (χ1) is 18.3. The number of fused-ring (bicyclic) bond motifs is 3. The number of rotatable bonds is 4. The van der Waals surface area contributed by atoms with Crippen LogP contribution < -0.4 is 9.64 Å². The number of carbonyl (C=O) groups is 2. The summed E-state index contributed by atoms with van der Waals surface area (Å²) in [6.45, 7) is 0.649. The van der Waals surface area contributed by atoms with Gasteiger partial charge in [0.25, 0.3) is 5.91 Å². The summed E-state index contributed by atoms with van der Waals surface area (Å²) in [5, 5.41) is 0. The minimum atomic E-state index is -1.45. The zero-order chi connectivity index (χ0) is 26.8. The fourth-order valence-corrected chi connectivity index (χ4v) is 8.44. The van der Waals surface area contributed by atoms with E-state index in [9.17, 15) is 14.0 Å². The van der Waals surface area contributed by atoms with Crippen LogP contribution in [0.3, 0.4) is 0 Å². The van der Waals surface area contributed by atoms with Crippen LogP contribution in [0.15, 0.2) is 67.0 Å². The largest absolute Gasteiger partial charge is 0.497 e. The zero-order valence-electron chi connectivity index (χ0n) is 21.1. The van der Waals surface area contributed by atoms with E-state index in [0.29, 0.717) is 27.9 Å². The molecule has 3 aromatic rings. The Kier molecular flexibility index (Phi) is 5.82. The molecular weight excluding hydrogens is 523 g/mol. The van der Waals surface area contributed by atoms with E-state index in [1.165, 1.54) is 28.8 Å². The van der Waals surface area contributed by atoms with Crippen molar-refractivity contribution >= 4 is 45.8 Å². The van der Waals surface area contributed by atoms with Gasteiger partial charge in [-0.3, -0.25) is 24.4 Å². The number of benzene rings is 2. The van der Waals surface area contributed by atoms with Gasteiger partial charge in [-0.1, -0.05) is 36.1 Å². The van der Waals surface area contributed by atoms with E-state index < -0.39 is 22.0 Å². The Morgan fingerprint density at radius 2 is 1.79 bits per heavy atom. The lowest BCUT2D eigenvalue weighted by atomic mass is 9.72. The molecule has 6 rings (SSSR count). The Bertz CT molecular complexity index is 1470. The molecule has 2 spiro atoms. The molecule has 0 unspecified atom stereocenters. The molecule has 3 atom stereocenters. The third kappa shape index (κ3) is 3.17. The first kappa shape index (κ1) is 25.0. The minimum Gasteiger partial charge on any atom is -0.497 e. The average molecular weight is 549 g/mol. The van der Waals surface area contributed by atoms with Crippen LogP contribution in [0, 0.1) is 5.82 Å². The maximum Gasteiger partial charge on any atom is 0.254 e. The lowest BCUT2D eigenvalue weighted by molar-refractivity contribution is -0.139. The van der Waals surface area contributed by atoms with Crippen molar-refractivity contribution in [1.29, 1.82) is 0 Å². The van der Waals surface area contributed by atoms with Crippen LogP contribution in [0.1, 0.15) is 22.6 Å². The van der Waals surface area contributed by atoms with Crippen molar-refractivity contribution < 1.29 is 18.7 Å². The second kappa shape index (κ2) is 8.86. The van der Waals surface area contributed by atoms with Crippen molar-refractivity contribution in [1.82, 2.24) is 14.8 Å². The number of hydrogen-bond donors (Lipinski definition) is 0. The molecule has 194 valence electrons. The molecule has 0 saturated carbocycles. The second-order valence-corrected chi connectivity index (χ2v) is 11.7. The molecule has 0 radical (unpaired) electrons. The van der Waals surface area contributed by atoms with Crippen molar-refractivity contribution in [3.05, 3.63) is 89.5 Å². The van der Waals surface area contributed by atoms with Gasteiger partial charge in [-0.05, 0) is 60.6 Å². The Morgan fingerprint density at radius 1 is 1.08 bits per heavy atom. The standard InChI is InChI=1S/C28H25FN4O3S2/c1-31-16-22(18-10-12-30-13-11-18)28(27(31)21-14-19(29)6-9-23(21)32(2)24(27)34)25(35)33(26(37)38-28)15-17-4-7-20(36-3)8-5-17/h4-14,22H,15-16H2,1-3H3/t22-,27-,28+/m1/s1. The van der Waals surface area contributed by atoms with Crippen LogP contribution in [-0.2, 0) is 21.7 Å². The summed E-state index contributed by atoms with van der Waals surface area (Å²) in [5.74, 6) is -0.684. The molecule has 1 aromatic heterocycles. The average Bonchev–Trinajstić information content (AvgIpc) is 3.43. The molecule has 0 bridgehead atoms. The maximum absolute atomic E-state index is 14.8. The molecule has 2 fully saturated rings. The van der Waals surface area contributed by atoms with Gasteiger partial charge in [-0.2, -0.15) is 0 Å². The van der Waals surface area contributed by atoms with Crippen LogP contribution in [0.4, 0.5) is 10.1 Å². The number of carbonyl (C=O) groups excluding carboxylic acids is 2. The van der Waals surface area contributed by atoms with Gasteiger partial charge < -0.3 is 9.64 Å². The summed E-state index contributed by atoms with van der Waals surface area (Å²) in [6, 6.07) is 15.5. The van der Waals surface area contributed by atoms with Crippen LogP contribution in [-0.4, -0.2) is 63.4 Å². The predicted octanol–water partition coefficient (Wildman–Crippen LogP) is 3.93. The number of thiocarbonyl (C=S) groups is 1. The van der Waals surface area contributed by atoms with E-state index in [1.54, 1.807) is 37.5 Å². The summed E-state index contributed by atoms with van der Waals surface area (Å²) in [5.41, 5.74) is 1.37. The Hall–Kier alpha value is -3.34. The molecule has 0 N–H and O–H groups in total. The van der Waals surface area contributed by atoms with Crippen LogP contribution in [0.2, 0.25) is 0 Å². The fourth-order valence-electron chi connectivity index (χ4n) is 6.32. The normalized spacial score (nSPS) is 26.7. The molecule has 3 aliphatic heterocycles. The molecular formula is C28H25FN4O3S2. The highest BCUT2D eigenvalue weighted by molar-refractivity contribution is 8.25. The summed E-state index contributed by atoms with van der Waals surface area (Å²) in [6.07, 6.45) is 3.36. The van der Waals surface area contributed by atoms with Crippen molar-refractivity contribution in [3.63, 3.8) is 0 Å². The third-order valence-corrected chi connectivity index (χ3v) is 9.96. The topological polar surface area (TPSA) is 66.0 Å². The highest BCUT2D eigenvalue weighted by Gasteiger charge is 2.78. The van der Waals surface area contributed by atoms with Crippen LogP contribution in [0.5, 0.6) is 5.75 Å². The third-order valence-electron chi connectivity index (χ3n) is 8.02. The highest BCUT2D eigenvalue weighted by Crippen LogP contribution is 2.66. The lowest BCUT2D eigenvalue weighted by Crippen LogP contribution is -2.62. The highest BCUT2D eigenvalue weighted by atomic mass is 32.2. The summed E-state index contributed by atoms with van der Waals surface area (Å²) >= 11 is 7.09. The summed E-state index contributed by atoms with van der Waals surface area (Å²) < 4.78 is 19.1. The Labute approximate surface area is 229 Å². The van der Waals surface area contributed by atoms with E-state index >= 15 is 0 Å². The van der Waals surface area contributed by atoms with Gasteiger partial charge in [-0.15, -0.1) is 0 Å². The number of hydrogen-bond acceptors (Lipinski definition) is 7. The van der Waals surface area contributed by atoms with Gasteiger partial charge in [0.05, 0.1) is 13.7 Å². The molecule has 38 heavy (non-hydrogen) atoms.